The van der Waals surface area contributed by atoms with Crippen molar-refractivity contribution in [2.24, 2.45) is 0 Å². The number of hydrogen-bond acceptors (Lipinski definition) is 7. The van der Waals surface area contributed by atoms with Crippen LogP contribution in [-0.4, -0.2) is 63.4 Å². The molecule has 2 aromatic heterocycles. The van der Waals surface area contributed by atoms with Crippen LogP contribution < -0.4 is 15.2 Å². The number of aryl methyl sites for hydroxylation is 3. The van der Waals surface area contributed by atoms with Crippen LogP contribution in [0.25, 0.3) is 10.9 Å². The molecular formula is C31H32ClN7O2. The van der Waals surface area contributed by atoms with Crippen LogP contribution in [0.1, 0.15) is 28.6 Å². The number of methoxy groups -OCH3 is 1. The lowest BCUT2D eigenvalue weighted by atomic mass is 10.0. The number of nitrogens with one attached hydrogen (secondary N) is 1. The van der Waals surface area contributed by atoms with Gasteiger partial charge in [-0.3, -0.25) is 9.69 Å². The fraction of sp³-hybridized carbons (Fsp3) is 0.290. The number of aromatic amines is 1. The summed E-state index contributed by atoms with van der Waals surface area (Å²) in [5, 5.41) is 14.5. The van der Waals surface area contributed by atoms with Gasteiger partial charge in [0.2, 0.25) is 0 Å². The largest absolute Gasteiger partial charge is 0.497 e. The summed E-state index contributed by atoms with van der Waals surface area (Å²) < 4.78 is 7.20. The Hall–Kier alpha value is -4.21. The summed E-state index contributed by atoms with van der Waals surface area (Å²) in [7, 11) is 1.61. The van der Waals surface area contributed by atoms with E-state index in [9.17, 15) is 4.79 Å². The minimum Gasteiger partial charge on any atom is -0.497 e. The van der Waals surface area contributed by atoms with Crippen molar-refractivity contribution in [2.75, 3.05) is 38.2 Å². The van der Waals surface area contributed by atoms with E-state index in [0.717, 1.165) is 54.2 Å². The van der Waals surface area contributed by atoms with Crippen LogP contribution >= 0.6 is 11.6 Å². The first-order valence-electron chi connectivity index (χ1n) is 13.8. The highest BCUT2D eigenvalue weighted by molar-refractivity contribution is 6.30. The van der Waals surface area contributed by atoms with Crippen LogP contribution in [-0.2, 0) is 13.0 Å². The monoisotopic (exact) mass is 569 g/mol. The maximum Gasteiger partial charge on any atom is 0.253 e. The van der Waals surface area contributed by atoms with Gasteiger partial charge in [-0.15, -0.1) is 5.10 Å². The lowest BCUT2D eigenvalue weighted by Gasteiger charge is -2.40. The minimum absolute atomic E-state index is 0.165. The summed E-state index contributed by atoms with van der Waals surface area (Å²) in [6.45, 7) is 5.72. The Morgan fingerprint density at radius 2 is 1.80 bits per heavy atom. The molecule has 1 saturated heterocycles. The quantitative estimate of drug-likeness (QED) is 0.291. The zero-order chi connectivity index (χ0) is 28.3. The molecule has 3 heterocycles. The molecule has 1 atom stereocenters. The fourth-order valence-electron chi connectivity index (χ4n) is 5.62. The van der Waals surface area contributed by atoms with Crippen LogP contribution in [0.15, 0.2) is 77.6 Å². The van der Waals surface area contributed by atoms with Gasteiger partial charge < -0.3 is 14.6 Å². The number of halogens is 1. The second kappa shape index (κ2) is 11.7. The van der Waals surface area contributed by atoms with E-state index in [1.807, 2.05) is 59.3 Å². The number of piperazine rings is 1. The van der Waals surface area contributed by atoms with Gasteiger partial charge in [0.1, 0.15) is 11.8 Å². The van der Waals surface area contributed by atoms with E-state index in [0.29, 0.717) is 23.7 Å². The average molecular weight is 570 g/mol. The van der Waals surface area contributed by atoms with Gasteiger partial charge >= 0.3 is 0 Å². The molecule has 0 saturated carbocycles. The third kappa shape index (κ3) is 5.68. The molecule has 1 fully saturated rings. The second-order valence-corrected chi connectivity index (χ2v) is 10.8. The molecule has 1 aliphatic heterocycles. The summed E-state index contributed by atoms with van der Waals surface area (Å²) in [5.41, 5.74) is 4.70. The summed E-state index contributed by atoms with van der Waals surface area (Å²) in [5.74, 6) is 1.35. The second-order valence-electron chi connectivity index (χ2n) is 10.4. The van der Waals surface area contributed by atoms with Crippen molar-refractivity contribution < 1.29 is 4.74 Å². The SMILES string of the molecule is COc1ccc2cc(C(c3nnnn3CCc3ccccc3)N3CCN(c4cc(Cl)ccc4C)CC3)c(=O)[nH]c2c1. The maximum absolute atomic E-state index is 13.6. The lowest BCUT2D eigenvalue weighted by Crippen LogP contribution is -2.49. The molecule has 41 heavy (non-hydrogen) atoms. The van der Waals surface area contributed by atoms with Crippen LogP contribution in [0.3, 0.4) is 0 Å². The minimum atomic E-state index is -0.418. The highest BCUT2D eigenvalue weighted by Gasteiger charge is 2.33. The Bertz CT molecular complexity index is 1710. The third-order valence-corrected chi connectivity index (χ3v) is 8.06. The van der Waals surface area contributed by atoms with Crippen LogP contribution in [0.2, 0.25) is 5.02 Å². The van der Waals surface area contributed by atoms with Crippen molar-refractivity contribution in [1.29, 1.82) is 0 Å². The smallest absolute Gasteiger partial charge is 0.253 e. The van der Waals surface area contributed by atoms with E-state index in [1.54, 1.807) is 7.11 Å². The molecule has 1 N–H and O–H groups in total. The van der Waals surface area contributed by atoms with Gasteiger partial charge in [0.05, 0.1) is 12.6 Å². The Kier molecular flexibility index (Phi) is 7.71. The number of fused-ring (bicyclic) bond motifs is 1. The van der Waals surface area contributed by atoms with E-state index in [-0.39, 0.29) is 5.56 Å². The lowest BCUT2D eigenvalue weighted by molar-refractivity contribution is 0.199. The molecule has 6 rings (SSSR count). The third-order valence-electron chi connectivity index (χ3n) is 7.83. The number of benzene rings is 3. The normalized spacial score (nSPS) is 14.9. The van der Waals surface area contributed by atoms with Gasteiger partial charge in [0, 0.05) is 55.1 Å². The summed E-state index contributed by atoms with van der Waals surface area (Å²) in [6.07, 6.45) is 0.779. The molecule has 0 amide bonds. The molecule has 0 bridgehead atoms. The molecule has 0 radical (unpaired) electrons. The molecule has 0 spiro atoms. The van der Waals surface area contributed by atoms with Crippen LogP contribution in [0.5, 0.6) is 5.75 Å². The molecule has 3 aromatic carbocycles. The predicted octanol–water partition coefficient (Wildman–Crippen LogP) is 4.64. The highest BCUT2D eigenvalue weighted by Crippen LogP contribution is 2.31. The van der Waals surface area contributed by atoms with Gasteiger partial charge in [-0.25, -0.2) is 4.68 Å². The van der Waals surface area contributed by atoms with Gasteiger partial charge in [-0.05, 0) is 70.6 Å². The molecule has 210 valence electrons. The zero-order valence-corrected chi connectivity index (χ0v) is 23.9. The van der Waals surface area contributed by atoms with Gasteiger partial charge in [0.25, 0.3) is 5.56 Å². The van der Waals surface area contributed by atoms with E-state index in [2.05, 4.69) is 55.4 Å². The number of tetrazole rings is 1. The van der Waals surface area contributed by atoms with E-state index in [1.165, 1.54) is 11.1 Å². The number of pyridine rings is 1. The van der Waals surface area contributed by atoms with Crippen molar-refractivity contribution in [1.82, 2.24) is 30.1 Å². The molecule has 5 aromatic rings. The van der Waals surface area contributed by atoms with Crippen molar-refractivity contribution in [3.63, 3.8) is 0 Å². The number of rotatable bonds is 8. The predicted molar refractivity (Wildman–Crippen MR) is 161 cm³/mol. The Labute approximate surface area is 243 Å². The number of ether oxygens (including phenoxy) is 1. The molecule has 1 unspecified atom stereocenters. The molecule has 9 nitrogen and oxygen atoms in total. The molecule has 0 aliphatic carbocycles. The number of aromatic nitrogens is 5. The van der Waals surface area contributed by atoms with E-state index in [4.69, 9.17) is 16.3 Å². The van der Waals surface area contributed by atoms with Crippen LogP contribution in [0.4, 0.5) is 5.69 Å². The first-order valence-corrected chi connectivity index (χ1v) is 14.1. The van der Waals surface area contributed by atoms with Crippen molar-refractivity contribution in [2.45, 2.75) is 25.9 Å². The molecular weight excluding hydrogens is 538 g/mol. The Morgan fingerprint density at radius 3 is 2.59 bits per heavy atom. The maximum atomic E-state index is 13.6. The van der Waals surface area contributed by atoms with E-state index < -0.39 is 6.04 Å². The molecule has 1 aliphatic rings. The Morgan fingerprint density at radius 1 is 1.00 bits per heavy atom. The standard InChI is InChI=1S/C31H32ClN7O2/c1-21-8-10-24(32)19-28(21)37-14-16-38(17-15-37)29(26-18-23-9-11-25(41-2)20-27(23)33-31(26)40)30-34-35-36-39(30)13-12-22-6-4-3-5-7-22/h3-11,18-20,29H,12-17H2,1-2H3,(H,33,40). The summed E-state index contributed by atoms with van der Waals surface area (Å²) in [6, 6.07) is 23.5. The van der Waals surface area contributed by atoms with Crippen LogP contribution in [0, 0.1) is 6.92 Å². The zero-order valence-electron chi connectivity index (χ0n) is 23.1. The fourth-order valence-corrected chi connectivity index (χ4v) is 5.78. The number of anilines is 1. The number of H-pyrrole nitrogens is 1. The topological polar surface area (TPSA) is 92.2 Å². The number of hydrogen-bond donors (Lipinski definition) is 1. The summed E-state index contributed by atoms with van der Waals surface area (Å²) >= 11 is 6.33. The Balaban J connectivity index is 1.35. The van der Waals surface area contributed by atoms with Gasteiger partial charge in [0.15, 0.2) is 5.82 Å². The summed E-state index contributed by atoms with van der Waals surface area (Å²) in [4.78, 5) is 21.4. The first kappa shape index (κ1) is 27.0. The highest BCUT2D eigenvalue weighted by atomic mass is 35.5. The molecule has 10 heteroatoms. The van der Waals surface area contributed by atoms with Gasteiger partial charge in [-0.1, -0.05) is 48.0 Å². The van der Waals surface area contributed by atoms with Crippen molar-refractivity contribution in [3.05, 3.63) is 111 Å². The first-order chi connectivity index (χ1) is 20.0. The average Bonchev–Trinajstić information content (AvgIpc) is 3.46. The van der Waals surface area contributed by atoms with Gasteiger partial charge in [-0.2, -0.15) is 0 Å². The number of nitrogens with zero attached hydrogens (tertiary/aromatic N) is 6. The van der Waals surface area contributed by atoms with Crippen molar-refractivity contribution in [3.8, 4) is 5.75 Å². The van der Waals surface area contributed by atoms with E-state index >= 15 is 0 Å². The van der Waals surface area contributed by atoms with Crippen molar-refractivity contribution >= 4 is 28.2 Å².